The number of hydrogen-bond acceptors (Lipinski definition) is 5. The van der Waals surface area contributed by atoms with E-state index in [4.69, 9.17) is 5.73 Å². The van der Waals surface area contributed by atoms with E-state index in [0.29, 0.717) is 11.3 Å². The molecule has 0 aromatic heterocycles. The van der Waals surface area contributed by atoms with E-state index in [-0.39, 0.29) is 12.6 Å². The van der Waals surface area contributed by atoms with Crippen molar-refractivity contribution in [2.75, 3.05) is 29.9 Å². The lowest BCUT2D eigenvalue weighted by molar-refractivity contribution is -0.118. The van der Waals surface area contributed by atoms with Gasteiger partial charge < -0.3 is 21.3 Å². The maximum Gasteiger partial charge on any atom is 0.321 e. The number of anilines is 2. The minimum atomic E-state index is -0.565. The number of primary amides is 1. The highest BCUT2D eigenvalue weighted by Crippen LogP contribution is 2.25. The number of amides is 4. The van der Waals surface area contributed by atoms with Crippen molar-refractivity contribution in [2.24, 2.45) is 5.73 Å². The van der Waals surface area contributed by atoms with Gasteiger partial charge in [0.25, 0.3) is 5.91 Å². The summed E-state index contributed by atoms with van der Waals surface area (Å²) in [4.78, 5) is 37.4. The fourth-order valence-electron chi connectivity index (χ4n) is 2.88. The molecule has 0 saturated carbocycles. The average molecular weight is 361 g/mol. The summed E-state index contributed by atoms with van der Waals surface area (Å²) in [5.41, 5.74) is 7.24. The zero-order valence-electron chi connectivity index (χ0n) is 15.3. The fraction of sp³-hybridized carbons (Fsp3) is 0.500. The fourth-order valence-corrected chi connectivity index (χ4v) is 2.88. The number of benzene rings is 1. The van der Waals surface area contributed by atoms with Gasteiger partial charge in [-0.1, -0.05) is 0 Å². The predicted octanol–water partition coefficient (Wildman–Crippen LogP) is 1.42. The van der Waals surface area contributed by atoms with Crippen LogP contribution in [0.25, 0.3) is 0 Å². The van der Waals surface area contributed by atoms with Crippen molar-refractivity contribution in [2.45, 2.75) is 39.2 Å². The van der Waals surface area contributed by atoms with E-state index in [9.17, 15) is 14.4 Å². The van der Waals surface area contributed by atoms with Crippen LogP contribution < -0.4 is 26.6 Å². The highest BCUT2D eigenvalue weighted by molar-refractivity contribution is 6.01. The van der Waals surface area contributed by atoms with E-state index >= 15 is 0 Å². The summed E-state index contributed by atoms with van der Waals surface area (Å²) in [6, 6.07) is 4.77. The Bertz CT molecular complexity index is 669. The molecule has 0 spiro atoms. The monoisotopic (exact) mass is 361 g/mol. The van der Waals surface area contributed by atoms with Crippen molar-refractivity contribution < 1.29 is 14.4 Å². The first-order chi connectivity index (χ1) is 12.4. The molecule has 0 atom stereocenters. The molecule has 1 aliphatic heterocycles. The van der Waals surface area contributed by atoms with Crippen LogP contribution in [-0.2, 0) is 4.79 Å². The smallest absolute Gasteiger partial charge is 0.321 e. The van der Waals surface area contributed by atoms with Crippen molar-refractivity contribution in [1.29, 1.82) is 0 Å². The number of piperidine rings is 1. The molecule has 8 heteroatoms. The van der Waals surface area contributed by atoms with Crippen LogP contribution in [0.4, 0.5) is 16.2 Å². The van der Waals surface area contributed by atoms with E-state index in [1.165, 1.54) is 6.42 Å². The molecular weight excluding hydrogens is 334 g/mol. The quantitative estimate of drug-likeness (QED) is 0.611. The topological polar surface area (TPSA) is 117 Å². The Labute approximate surface area is 153 Å². The molecule has 0 radical (unpaired) electrons. The second kappa shape index (κ2) is 9.07. The standard InChI is InChI=1S/C18H27N5O3/c1-12(2)21-18(26)22-16(24)11-20-15-7-6-13(10-14(15)17(19)25)23-8-4-3-5-9-23/h6-7,10,12,20H,3-5,8-9,11H2,1-2H3,(H2,19,25)(H2,21,22,24,26). The summed E-state index contributed by atoms with van der Waals surface area (Å²) in [5.74, 6) is -1.07. The van der Waals surface area contributed by atoms with Crippen LogP contribution in [0.3, 0.4) is 0 Å². The zero-order chi connectivity index (χ0) is 19.1. The number of nitrogens with two attached hydrogens (primary N) is 1. The number of hydrogen-bond donors (Lipinski definition) is 4. The van der Waals surface area contributed by atoms with Crippen LogP contribution in [0, 0.1) is 0 Å². The minimum Gasteiger partial charge on any atom is -0.375 e. The third-order valence-electron chi connectivity index (χ3n) is 4.10. The van der Waals surface area contributed by atoms with E-state index in [2.05, 4.69) is 20.9 Å². The number of nitrogens with one attached hydrogen (secondary N) is 3. The molecular formula is C18H27N5O3. The normalized spacial score (nSPS) is 14.0. The lowest BCUT2D eigenvalue weighted by Gasteiger charge is -2.29. The van der Waals surface area contributed by atoms with Gasteiger partial charge in [0, 0.05) is 30.5 Å². The van der Waals surface area contributed by atoms with Crippen molar-refractivity contribution >= 4 is 29.2 Å². The zero-order valence-corrected chi connectivity index (χ0v) is 15.3. The van der Waals surface area contributed by atoms with E-state index < -0.39 is 17.8 Å². The van der Waals surface area contributed by atoms with Gasteiger partial charge in [-0.3, -0.25) is 14.9 Å². The molecule has 0 bridgehead atoms. The van der Waals surface area contributed by atoms with Crippen LogP contribution in [0.2, 0.25) is 0 Å². The Morgan fingerprint density at radius 3 is 2.46 bits per heavy atom. The van der Waals surface area contributed by atoms with Gasteiger partial charge in [-0.2, -0.15) is 0 Å². The van der Waals surface area contributed by atoms with Crippen LogP contribution in [0.5, 0.6) is 0 Å². The molecule has 0 aliphatic carbocycles. The van der Waals surface area contributed by atoms with Crippen molar-refractivity contribution in [3.05, 3.63) is 23.8 Å². The van der Waals surface area contributed by atoms with Crippen molar-refractivity contribution in [1.82, 2.24) is 10.6 Å². The molecule has 1 saturated heterocycles. The van der Waals surface area contributed by atoms with Gasteiger partial charge in [0.15, 0.2) is 0 Å². The summed E-state index contributed by atoms with van der Waals surface area (Å²) in [6.07, 6.45) is 3.48. The van der Waals surface area contributed by atoms with Gasteiger partial charge in [-0.05, 0) is 51.3 Å². The first-order valence-electron chi connectivity index (χ1n) is 8.90. The highest BCUT2D eigenvalue weighted by atomic mass is 16.2. The molecule has 26 heavy (non-hydrogen) atoms. The molecule has 2 rings (SSSR count). The predicted molar refractivity (Wildman–Crippen MR) is 101 cm³/mol. The first kappa shape index (κ1) is 19.6. The molecule has 1 fully saturated rings. The SMILES string of the molecule is CC(C)NC(=O)NC(=O)CNc1ccc(N2CCCCC2)cc1C(N)=O. The molecule has 0 unspecified atom stereocenters. The van der Waals surface area contributed by atoms with Gasteiger partial charge >= 0.3 is 6.03 Å². The van der Waals surface area contributed by atoms with Crippen LogP contribution in [0.1, 0.15) is 43.5 Å². The van der Waals surface area contributed by atoms with Gasteiger partial charge in [0.2, 0.25) is 5.91 Å². The molecule has 4 amide bonds. The van der Waals surface area contributed by atoms with Gasteiger partial charge in [-0.15, -0.1) is 0 Å². The maximum atomic E-state index is 11.8. The third-order valence-corrected chi connectivity index (χ3v) is 4.10. The minimum absolute atomic E-state index is 0.0699. The van der Waals surface area contributed by atoms with Gasteiger partial charge in [-0.25, -0.2) is 4.79 Å². The lowest BCUT2D eigenvalue weighted by Crippen LogP contribution is -2.44. The number of imide groups is 1. The molecule has 8 nitrogen and oxygen atoms in total. The summed E-state index contributed by atoms with van der Waals surface area (Å²) in [7, 11) is 0. The second-order valence-corrected chi connectivity index (χ2v) is 6.67. The van der Waals surface area contributed by atoms with E-state index in [0.717, 1.165) is 31.6 Å². The maximum absolute atomic E-state index is 11.8. The Morgan fingerprint density at radius 1 is 1.15 bits per heavy atom. The average Bonchev–Trinajstić information content (AvgIpc) is 2.59. The Hall–Kier alpha value is -2.77. The first-order valence-corrected chi connectivity index (χ1v) is 8.90. The molecule has 1 aromatic rings. The molecule has 1 aromatic carbocycles. The van der Waals surface area contributed by atoms with Crippen LogP contribution >= 0.6 is 0 Å². The van der Waals surface area contributed by atoms with Gasteiger partial charge in [0.1, 0.15) is 0 Å². The summed E-state index contributed by atoms with van der Waals surface area (Å²) in [6.45, 7) is 5.36. The summed E-state index contributed by atoms with van der Waals surface area (Å²) < 4.78 is 0. The number of nitrogens with zero attached hydrogens (tertiary/aromatic N) is 1. The summed E-state index contributed by atoms with van der Waals surface area (Å²) in [5, 5.41) is 7.66. The molecule has 142 valence electrons. The molecule has 5 N–H and O–H groups in total. The van der Waals surface area contributed by atoms with Crippen molar-refractivity contribution in [3.8, 4) is 0 Å². The Kier molecular flexibility index (Phi) is 6.82. The molecule has 1 aliphatic rings. The highest BCUT2D eigenvalue weighted by Gasteiger charge is 2.16. The van der Waals surface area contributed by atoms with Crippen LogP contribution in [0.15, 0.2) is 18.2 Å². The third kappa shape index (κ3) is 5.65. The number of carbonyl (C=O) groups excluding carboxylic acids is 3. The van der Waals surface area contributed by atoms with E-state index in [1.54, 1.807) is 26.0 Å². The Balaban J connectivity index is 2.00. The van der Waals surface area contributed by atoms with Gasteiger partial charge in [0.05, 0.1) is 12.1 Å². The lowest BCUT2D eigenvalue weighted by atomic mass is 10.1. The largest absolute Gasteiger partial charge is 0.375 e. The second-order valence-electron chi connectivity index (χ2n) is 6.67. The van der Waals surface area contributed by atoms with Crippen LogP contribution in [-0.4, -0.2) is 43.5 Å². The van der Waals surface area contributed by atoms with E-state index in [1.807, 2.05) is 6.07 Å². The number of carbonyl (C=O) groups is 3. The molecule has 1 heterocycles. The Morgan fingerprint density at radius 2 is 1.85 bits per heavy atom. The number of rotatable bonds is 6. The van der Waals surface area contributed by atoms with Crippen molar-refractivity contribution in [3.63, 3.8) is 0 Å². The number of urea groups is 1. The summed E-state index contributed by atoms with van der Waals surface area (Å²) >= 11 is 0.